The van der Waals surface area contributed by atoms with E-state index < -0.39 is 10.0 Å². The molecular formula is C12H21N3O2S. The summed E-state index contributed by atoms with van der Waals surface area (Å²) in [6.45, 7) is 5.60. The predicted octanol–water partition coefficient (Wildman–Crippen LogP) is 1.00. The first-order valence-corrected chi connectivity index (χ1v) is 7.45. The number of hydrogen-bond acceptors (Lipinski definition) is 4. The fourth-order valence-corrected chi connectivity index (χ4v) is 2.42. The predicted molar refractivity (Wildman–Crippen MR) is 74.3 cm³/mol. The zero-order valence-corrected chi connectivity index (χ0v) is 11.8. The lowest BCUT2D eigenvalue weighted by Gasteiger charge is -2.13. The number of nitrogens with one attached hydrogen (secondary N) is 3. The van der Waals surface area contributed by atoms with E-state index in [1.165, 1.54) is 7.05 Å². The molecule has 0 aliphatic carbocycles. The van der Waals surface area contributed by atoms with Crippen LogP contribution in [-0.2, 0) is 10.0 Å². The third kappa shape index (κ3) is 4.29. The first-order chi connectivity index (χ1) is 8.47. The lowest BCUT2D eigenvalue weighted by atomic mass is 10.3. The molecule has 0 bridgehead atoms. The minimum Gasteiger partial charge on any atom is -0.383 e. The van der Waals surface area contributed by atoms with Crippen LogP contribution in [0.15, 0.2) is 29.2 Å². The van der Waals surface area contributed by atoms with Gasteiger partial charge in [-0.1, -0.05) is 26.0 Å². The van der Waals surface area contributed by atoms with Gasteiger partial charge < -0.3 is 10.6 Å². The van der Waals surface area contributed by atoms with E-state index in [9.17, 15) is 8.42 Å². The third-order valence-corrected chi connectivity index (χ3v) is 3.91. The summed E-state index contributed by atoms with van der Waals surface area (Å²) in [6.07, 6.45) is 0. The molecule has 6 heteroatoms. The topological polar surface area (TPSA) is 70.2 Å². The van der Waals surface area contributed by atoms with Gasteiger partial charge in [-0.3, -0.25) is 0 Å². The molecule has 0 unspecified atom stereocenters. The van der Waals surface area contributed by atoms with Crippen LogP contribution in [0.4, 0.5) is 5.69 Å². The van der Waals surface area contributed by atoms with E-state index >= 15 is 0 Å². The second-order valence-electron chi connectivity index (χ2n) is 4.24. The number of sulfonamides is 1. The van der Waals surface area contributed by atoms with Crippen LogP contribution in [0.25, 0.3) is 0 Å². The van der Waals surface area contributed by atoms with Gasteiger partial charge in [0.05, 0.1) is 5.69 Å². The molecule has 0 amide bonds. The molecular weight excluding hydrogens is 250 g/mol. The summed E-state index contributed by atoms with van der Waals surface area (Å²) in [5.41, 5.74) is 0.623. The summed E-state index contributed by atoms with van der Waals surface area (Å²) in [6, 6.07) is 7.29. The molecule has 0 aliphatic rings. The highest BCUT2D eigenvalue weighted by atomic mass is 32.2. The Hall–Kier alpha value is -1.11. The summed E-state index contributed by atoms with van der Waals surface area (Å²) < 4.78 is 25.9. The van der Waals surface area contributed by atoms with Crippen molar-refractivity contribution in [1.82, 2.24) is 10.0 Å². The van der Waals surface area contributed by atoms with Crippen LogP contribution in [0.1, 0.15) is 13.8 Å². The van der Waals surface area contributed by atoms with Crippen molar-refractivity contribution in [3.8, 4) is 0 Å². The zero-order valence-electron chi connectivity index (χ0n) is 11.0. The van der Waals surface area contributed by atoms with Crippen molar-refractivity contribution >= 4 is 15.7 Å². The zero-order chi connectivity index (χ0) is 13.6. The molecule has 18 heavy (non-hydrogen) atoms. The quantitative estimate of drug-likeness (QED) is 0.647. The lowest BCUT2D eigenvalue weighted by molar-refractivity contribution is 0.587. The molecule has 0 aliphatic heterocycles. The Kier molecular flexibility index (Phi) is 5.58. The summed E-state index contributed by atoms with van der Waals surface area (Å²) in [4.78, 5) is 0.275. The van der Waals surface area contributed by atoms with Crippen molar-refractivity contribution < 1.29 is 8.42 Å². The number of anilines is 1. The van der Waals surface area contributed by atoms with Gasteiger partial charge in [-0.15, -0.1) is 0 Å². The Morgan fingerprint density at radius 2 is 1.83 bits per heavy atom. The van der Waals surface area contributed by atoms with Gasteiger partial charge in [0.25, 0.3) is 0 Å². The monoisotopic (exact) mass is 271 g/mol. The molecule has 1 aromatic rings. The summed E-state index contributed by atoms with van der Waals surface area (Å²) in [5, 5.41) is 6.39. The Bertz CT molecular complexity index is 472. The molecule has 1 rings (SSSR count). The maximum absolute atomic E-state index is 11.8. The van der Waals surface area contributed by atoms with Crippen molar-refractivity contribution in [2.45, 2.75) is 24.8 Å². The minimum atomic E-state index is -3.42. The van der Waals surface area contributed by atoms with E-state index in [-0.39, 0.29) is 4.90 Å². The summed E-state index contributed by atoms with van der Waals surface area (Å²) >= 11 is 0. The van der Waals surface area contributed by atoms with Gasteiger partial charge in [0, 0.05) is 19.1 Å². The maximum atomic E-state index is 11.8. The van der Waals surface area contributed by atoms with Gasteiger partial charge in [0.1, 0.15) is 4.90 Å². The number of benzene rings is 1. The molecule has 0 aromatic heterocycles. The van der Waals surface area contributed by atoms with Crippen LogP contribution < -0.4 is 15.4 Å². The Balaban J connectivity index is 2.72. The number of para-hydroxylation sites is 1. The molecule has 3 N–H and O–H groups in total. The number of hydrogen-bond donors (Lipinski definition) is 3. The highest BCUT2D eigenvalue weighted by Crippen LogP contribution is 2.19. The average Bonchev–Trinajstić information content (AvgIpc) is 2.35. The smallest absolute Gasteiger partial charge is 0.242 e. The van der Waals surface area contributed by atoms with E-state index in [0.717, 1.165) is 6.54 Å². The van der Waals surface area contributed by atoms with Crippen LogP contribution >= 0.6 is 0 Å². The molecule has 102 valence electrons. The third-order valence-electron chi connectivity index (χ3n) is 2.44. The molecule has 0 heterocycles. The van der Waals surface area contributed by atoms with Crippen molar-refractivity contribution in [2.24, 2.45) is 0 Å². The Labute approximate surface area is 109 Å². The molecule has 0 saturated heterocycles. The first-order valence-electron chi connectivity index (χ1n) is 5.97. The largest absolute Gasteiger partial charge is 0.383 e. The van der Waals surface area contributed by atoms with Crippen LogP contribution in [0.5, 0.6) is 0 Å². The molecule has 0 fully saturated rings. The van der Waals surface area contributed by atoms with Crippen molar-refractivity contribution in [1.29, 1.82) is 0 Å². The summed E-state index contributed by atoms with van der Waals surface area (Å²) in [5.74, 6) is 0. The van der Waals surface area contributed by atoms with Crippen LogP contribution in [0.2, 0.25) is 0 Å². The number of rotatable bonds is 7. The standard InChI is InChI=1S/C12H21N3O2S/c1-10(2)14-8-9-15-11-6-4-5-7-12(11)18(16,17)13-3/h4-7,10,13-15H,8-9H2,1-3H3. The van der Waals surface area contributed by atoms with Crippen LogP contribution in [0, 0.1) is 0 Å². The van der Waals surface area contributed by atoms with Gasteiger partial charge >= 0.3 is 0 Å². The normalized spacial score (nSPS) is 11.8. The van der Waals surface area contributed by atoms with Gasteiger partial charge in [-0.25, -0.2) is 13.1 Å². The molecule has 5 nitrogen and oxygen atoms in total. The lowest BCUT2D eigenvalue weighted by Crippen LogP contribution is -2.29. The second kappa shape index (κ2) is 6.72. The van der Waals surface area contributed by atoms with Crippen LogP contribution in [0.3, 0.4) is 0 Å². The van der Waals surface area contributed by atoms with E-state index in [0.29, 0.717) is 18.3 Å². The molecule has 0 atom stereocenters. The van der Waals surface area contributed by atoms with E-state index in [1.807, 2.05) is 6.07 Å². The SMILES string of the molecule is CNS(=O)(=O)c1ccccc1NCCNC(C)C. The van der Waals surface area contributed by atoms with Gasteiger partial charge in [0.15, 0.2) is 0 Å². The van der Waals surface area contributed by atoms with Gasteiger partial charge in [0.2, 0.25) is 10.0 Å². The fourth-order valence-electron chi connectivity index (χ4n) is 1.51. The highest BCUT2D eigenvalue weighted by Gasteiger charge is 2.15. The van der Waals surface area contributed by atoms with E-state index in [2.05, 4.69) is 29.2 Å². The van der Waals surface area contributed by atoms with Crippen molar-refractivity contribution in [3.05, 3.63) is 24.3 Å². The average molecular weight is 271 g/mol. The molecule has 1 aromatic carbocycles. The molecule has 0 saturated carbocycles. The highest BCUT2D eigenvalue weighted by molar-refractivity contribution is 7.89. The molecule has 0 radical (unpaired) electrons. The Morgan fingerprint density at radius 1 is 1.17 bits per heavy atom. The van der Waals surface area contributed by atoms with E-state index in [4.69, 9.17) is 0 Å². The van der Waals surface area contributed by atoms with Gasteiger partial charge in [-0.2, -0.15) is 0 Å². The Morgan fingerprint density at radius 3 is 2.44 bits per heavy atom. The van der Waals surface area contributed by atoms with E-state index in [1.54, 1.807) is 18.2 Å². The summed E-state index contributed by atoms with van der Waals surface area (Å²) in [7, 11) is -2.01. The first kappa shape index (κ1) is 14.9. The van der Waals surface area contributed by atoms with Crippen LogP contribution in [-0.4, -0.2) is 34.6 Å². The van der Waals surface area contributed by atoms with Gasteiger partial charge in [-0.05, 0) is 19.2 Å². The molecule has 0 spiro atoms. The maximum Gasteiger partial charge on any atom is 0.242 e. The van der Waals surface area contributed by atoms with Crippen molar-refractivity contribution in [3.63, 3.8) is 0 Å². The van der Waals surface area contributed by atoms with Crippen molar-refractivity contribution in [2.75, 3.05) is 25.5 Å². The fraction of sp³-hybridized carbons (Fsp3) is 0.500. The minimum absolute atomic E-state index is 0.275. The second-order valence-corrected chi connectivity index (χ2v) is 6.09.